The molecular weight excluding hydrogens is 249 g/mol. The van der Waals surface area contributed by atoms with Crippen LogP contribution in [0.25, 0.3) is 0 Å². The first-order valence-electron chi connectivity index (χ1n) is 5.08. The lowest BCUT2D eigenvalue weighted by atomic mass is 9.95. The van der Waals surface area contributed by atoms with Crippen molar-refractivity contribution in [3.63, 3.8) is 0 Å². The first-order valence-corrected chi connectivity index (χ1v) is 5.83. The number of aromatic nitrogens is 2. The minimum atomic E-state index is -0.254. The van der Waals surface area contributed by atoms with Crippen LogP contribution in [0.2, 0.25) is 10.3 Å². The van der Waals surface area contributed by atoms with E-state index in [2.05, 4.69) is 15.3 Å². The normalized spacial score (nSPS) is 14.6. The van der Waals surface area contributed by atoms with Crippen LogP contribution in [-0.4, -0.2) is 27.2 Å². The van der Waals surface area contributed by atoms with E-state index in [4.69, 9.17) is 28.3 Å². The second-order valence-electron chi connectivity index (χ2n) is 3.85. The summed E-state index contributed by atoms with van der Waals surface area (Å²) in [6, 6.07) is 0. The van der Waals surface area contributed by atoms with Gasteiger partial charge in [-0.3, -0.25) is 0 Å². The van der Waals surface area contributed by atoms with E-state index in [1.165, 1.54) is 6.20 Å². The maximum atomic E-state index is 9.00. The molecule has 0 fully saturated rings. The van der Waals surface area contributed by atoms with Gasteiger partial charge < -0.3 is 10.4 Å². The van der Waals surface area contributed by atoms with Gasteiger partial charge in [0.2, 0.25) is 5.28 Å². The van der Waals surface area contributed by atoms with E-state index < -0.39 is 0 Å². The van der Waals surface area contributed by atoms with Crippen LogP contribution in [0.1, 0.15) is 26.7 Å². The van der Waals surface area contributed by atoms with Gasteiger partial charge in [0.25, 0.3) is 0 Å². The number of nitrogens with one attached hydrogen (secondary N) is 1. The number of hydrogen-bond donors (Lipinski definition) is 2. The Hall–Kier alpha value is -0.580. The van der Waals surface area contributed by atoms with Gasteiger partial charge in [0.05, 0.1) is 6.20 Å². The SMILES string of the molecule is CCC(C)(CCO)Nc1nc(Cl)ncc1Cl. The highest BCUT2D eigenvalue weighted by Crippen LogP contribution is 2.26. The van der Waals surface area contributed by atoms with Crippen LogP contribution < -0.4 is 5.32 Å². The lowest BCUT2D eigenvalue weighted by molar-refractivity contribution is 0.252. The summed E-state index contributed by atoms with van der Waals surface area (Å²) in [5.41, 5.74) is -0.254. The van der Waals surface area contributed by atoms with Crippen molar-refractivity contribution in [1.29, 1.82) is 0 Å². The van der Waals surface area contributed by atoms with Crippen molar-refractivity contribution in [2.45, 2.75) is 32.2 Å². The monoisotopic (exact) mass is 263 g/mol. The maximum Gasteiger partial charge on any atom is 0.224 e. The highest BCUT2D eigenvalue weighted by molar-refractivity contribution is 6.33. The smallest absolute Gasteiger partial charge is 0.224 e. The van der Waals surface area contributed by atoms with Crippen molar-refractivity contribution in [3.05, 3.63) is 16.5 Å². The second-order valence-corrected chi connectivity index (χ2v) is 4.59. The Bertz CT molecular complexity index is 362. The van der Waals surface area contributed by atoms with E-state index in [1.807, 2.05) is 13.8 Å². The van der Waals surface area contributed by atoms with Gasteiger partial charge in [-0.1, -0.05) is 18.5 Å². The van der Waals surface area contributed by atoms with Crippen LogP contribution in [-0.2, 0) is 0 Å². The fourth-order valence-electron chi connectivity index (χ4n) is 1.29. The Morgan fingerprint density at radius 3 is 2.75 bits per heavy atom. The molecule has 0 saturated heterocycles. The van der Waals surface area contributed by atoms with Crippen molar-refractivity contribution in [2.24, 2.45) is 0 Å². The van der Waals surface area contributed by atoms with Crippen LogP contribution in [0.4, 0.5) is 5.82 Å². The van der Waals surface area contributed by atoms with Gasteiger partial charge in [0, 0.05) is 12.1 Å². The number of aliphatic hydroxyl groups is 1. The second kappa shape index (κ2) is 5.66. The van der Waals surface area contributed by atoms with Crippen molar-refractivity contribution >= 4 is 29.0 Å². The van der Waals surface area contributed by atoms with E-state index in [-0.39, 0.29) is 17.4 Å². The molecule has 16 heavy (non-hydrogen) atoms. The van der Waals surface area contributed by atoms with Gasteiger partial charge >= 0.3 is 0 Å². The number of anilines is 1. The summed E-state index contributed by atoms with van der Waals surface area (Å²) >= 11 is 11.6. The van der Waals surface area contributed by atoms with Crippen LogP contribution in [0.5, 0.6) is 0 Å². The minimum Gasteiger partial charge on any atom is -0.396 e. The zero-order chi connectivity index (χ0) is 12.2. The first kappa shape index (κ1) is 13.5. The summed E-state index contributed by atoms with van der Waals surface area (Å²) in [6.07, 6.45) is 2.90. The Morgan fingerprint density at radius 1 is 1.50 bits per heavy atom. The molecule has 0 saturated carbocycles. The van der Waals surface area contributed by atoms with Crippen LogP contribution in [0.15, 0.2) is 6.20 Å². The number of aliphatic hydroxyl groups excluding tert-OH is 1. The molecule has 1 heterocycles. The molecule has 1 rings (SSSR count). The van der Waals surface area contributed by atoms with Crippen LogP contribution >= 0.6 is 23.2 Å². The molecule has 1 aromatic heterocycles. The molecule has 2 N–H and O–H groups in total. The summed E-state index contributed by atoms with van der Waals surface area (Å²) in [6.45, 7) is 4.13. The van der Waals surface area contributed by atoms with Gasteiger partial charge in [-0.15, -0.1) is 0 Å². The number of hydrogen-bond acceptors (Lipinski definition) is 4. The predicted molar refractivity (Wildman–Crippen MR) is 66.1 cm³/mol. The van der Waals surface area contributed by atoms with Gasteiger partial charge in [-0.25, -0.2) is 4.98 Å². The molecule has 4 nitrogen and oxygen atoms in total. The van der Waals surface area contributed by atoms with Crippen molar-refractivity contribution in [3.8, 4) is 0 Å². The number of rotatable bonds is 5. The molecule has 0 aromatic carbocycles. The molecule has 6 heteroatoms. The third kappa shape index (κ3) is 3.47. The molecule has 1 unspecified atom stereocenters. The summed E-state index contributed by atoms with van der Waals surface area (Å²) in [5.74, 6) is 0.500. The molecule has 0 bridgehead atoms. The summed E-state index contributed by atoms with van der Waals surface area (Å²) in [4.78, 5) is 7.79. The third-order valence-electron chi connectivity index (χ3n) is 2.58. The zero-order valence-electron chi connectivity index (χ0n) is 9.30. The molecular formula is C10H15Cl2N3O. The molecule has 0 amide bonds. The molecule has 0 aliphatic carbocycles. The Kier molecular flexibility index (Phi) is 4.77. The third-order valence-corrected chi connectivity index (χ3v) is 3.04. The molecule has 1 atom stereocenters. The Labute approximate surface area is 105 Å². The topological polar surface area (TPSA) is 58.0 Å². The van der Waals surface area contributed by atoms with Crippen LogP contribution in [0, 0.1) is 0 Å². The Morgan fingerprint density at radius 2 is 2.19 bits per heavy atom. The van der Waals surface area contributed by atoms with Gasteiger partial charge in [-0.2, -0.15) is 4.98 Å². The van der Waals surface area contributed by atoms with E-state index in [9.17, 15) is 0 Å². The molecule has 90 valence electrons. The van der Waals surface area contributed by atoms with E-state index in [1.54, 1.807) is 0 Å². The van der Waals surface area contributed by atoms with E-state index in [0.29, 0.717) is 17.3 Å². The van der Waals surface area contributed by atoms with Gasteiger partial charge in [0.1, 0.15) is 10.8 Å². The highest BCUT2D eigenvalue weighted by Gasteiger charge is 2.22. The molecule has 1 aromatic rings. The molecule has 0 aliphatic heterocycles. The fourth-order valence-corrected chi connectivity index (χ4v) is 1.57. The van der Waals surface area contributed by atoms with Crippen molar-refractivity contribution in [2.75, 3.05) is 11.9 Å². The standard InChI is InChI=1S/C10H15Cl2N3O/c1-3-10(2,4-5-16)15-8-7(11)6-13-9(12)14-8/h6,16H,3-5H2,1-2H3,(H,13,14,15). The zero-order valence-corrected chi connectivity index (χ0v) is 10.8. The quantitative estimate of drug-likeness (QED) is 0.803. The lowest BCUT2D eigenvalue weighted by Gasteiger charge is -2.29. The maximum absolute atomic E-state index is 9.00. The molecule has 0 aliphatic rings. The summed E-state index contributed by atoms with van der Waals surface area (Å²) in [7, 11) is 0. The predicted octanol–water partition coefficient (Wildman–Crippen LogP) is 2.75. The largest absolute Gasteiger partial charge is 0.396 e. The van der Waals surface area contributed by atoms with E-state index >= 15 is 0 Å². The summed E-state index contributed by atoms with van der Waals surface area (Å²) in [5, 5.41) is 12.8. The summed E-state index contributed by atoms with van der Waals surface area (Å²) < 4.78 is 0. The first-order chi connectivity index (χ1) is 7.50. The van der Waals surface area contributed by atoms with E-state index in [0.717, 1.165) is 6.42 Å². The number of nitrogens with zero attached hydrogens (tertiary/aromatic N) is 2. The molecule has 0 spiro atoms. The number of halogens is 2. The fraction of sp³-hybridized carbons (Fsp3) is 0.600. The van der Waals surface area contributed by atoms with Crippen molar-refractivity contribution in [1.82, 2.24) is 9.97 Å². The highest BCUT2D eigenvalue weighted by atomic mass is 35.5. The van der Waals surface area contributed by atoms with Gasteiger partial charge in [-0.05, 0) is 31.4 Å². The minimum absolute atomic E-state index is 0.105. The van der Waals surface area contributed by atoms with Crippen LogP contribution in [0.3, 0.4) is 0 Å². The van der Waals surface area contributed by atoms with Gasteiger partial charge in [0.15, 0.2) is 0 Å². The average molecular weight is 264 g/mol. The average Bonchev–Trinajstić information content (AvgIpc) is 2.24. The van der Waals surface area contributed by atoms with Crippen molar-refractivity contribution < 1.29 is 5.11 Å². The molecule has 0 radical (unpaired) electrons. The lowest BCUT2D eigenvalue weighted by Crippen LogP contribution is -2.35. The Balaban J connectivity index is 2.89.